The molecule has 1 unspecified atom stereocenters. The Hall–Kier alpha value is -4.03. The van der Waals surface area contributed by atoms with Gasteiger partial charge in [-0.1, -0.05) is 63.3 Å². The average Bonchev–Trinajstić information content (AvgIpc) is 3.04. The van der Waals surface area contributed by atoms with Crippen LogP contribution in [0.3, 0.4) is 0 Å². The van der Waals surface area contributed by atoms with Crippen LogP contribution in [-0.2, 0) is 30.8 Å². The van der Waals surface area contributed by atoms with E-state index in [1.54, 1.807) is 49.4 Å². The van der Waals surface area contributed by atoms with E-state index in [2.05, 4.69) is 25.7 Å². The molecule has 2 amide bonds. The molecule has 4 N–H and O–H groups in total. The van der Waals surface area contributed by atoms with Crippen LogP contribution in [0.4, 0.5) is 0 Å². The van der Waals surface area contributed by atoms with Gasteiger partial charge < -0.3 is 15.4 Å². The second-order valence-electron chi connectivity index (χ2n) is 9.58. The van der Waals surface area contributed by atoms with Gasteiger partial charge in [-0.2, -0.15) is 4.72 Å². The number of benzene rings is 1. The van der Waals surface area contributed by atoms with Gasteiger partial charge in [0.25, 0.3) is 5.91 Å². The van der Waals surface area contributed by atoms with Gasteiger partial charge in [0.2, 0.25) is 15.9 Å². The second kappa shape index (κ2) is 19.3. The predicted molar refractivity (Wildman–Crippen MR) is 173 cm³/mol. The lowest BCUT2D eigenvalue weighted by molar-refractivity contribution is -0.144. The van der Waals surface area contributed by atoms with Crippen LogP contribution in [0.15, 0.2) is 76.2 Å². The molecule has 44 heavy (non-hydrogen) atoms. The quantitative estimate of drug-likeness (QED) is 0.244. The number of sulfonamides is 1. The van der Waals surface area contributed by atoms with Crippen molar-refractivity contribution in [3.05, 3.63) is 82.3 Å². The third kappa shape index (κ3) is 11.9. The number of aliphatic imine (C=N–C) groups is 1. The fourth-order valence-electron chi connectivity index (χ4n) is 4.15. The van der Waals surface area contributed by atoms with Crippen LogP contribution in [0.5, 0.6) is 0 Å². The van der Waals surface area contributed by atoms with E-state index in [1.165, 1.54) is 6.08 Å². The highest BCUT2D eigenvalue weighted by Gasteiger charge is 2.29. The van der Waals surface area contributed by atoms with E-state index >= 15 is 0 Å². The van der Waals surface area contributed by atoms with Gasteiger partial charge in [0.1, 0.15) is 6.04 Å². The number of carbonyl (C=O) groups excluding carboxylic acids is 3. The van der Waals surface area contributed by atoms with Crippen molar-refractivity contribution < 1.29 is 27.5 Å². The number of aryl methyl sites for hydroxylation is 1. The van der Waals surface area contributed by atoms with E-state index in [0.29, 0.717) is 42.9 Å². The zero-order valence-corrected chi connectivity index (χ0v) is 26.8. The molecule has 0 saturated heterocycles. The zero-order valence-electron chi connectivity index (χ0n) is 26.0. The Morgan fingerprint density at radius 3 is 2.48 bits per heavy atom. The summed E-state index contributed by atoms with van der Waals surface area (Å²) in [5.74, 6) is -0.946. The summed E-state index contributed by atoms with van der Waals surface area (Å²) in [7, 11) is -4.14. The molecule has 12 heteroatoms. The Labute approximate surface area is 261 Å². The molecule has 11 nitrogen and oxygen atoms in total. The highest BCUT2D eigenvalue weighted by atomic mass is 32.2. The molecule has 1 aliphatic carbocycles. The standard InChI is InChI=1S/C30H39N5O6S.C2H6/c1-3-5-12-26(23-10-7-6-8-11-23)42(39,40)35-25(29(38)41-4-2)21-33-28(37)24-16-13-22(14-17-24)15-18-27(36)34-30-31-19-9-20-32-30;1-2/h5-8,10,12-14,16-17,25,35H,3-4,9,11,15,18-21H2,1-2H3,(H,33,37)(H2,31,32,34,36);1-2H3/b12-5-,26-23+;. The lowest BCUT2D eigenvalue weighted by Gasteiger charge is -2.20. The smallest absolute Gasteiger partial charge is 0.326 e. The number of esters is 1. The van der Waals surface area contributed by atoms with E-state index in [9.17, 15) is 22.8 Å². The minimum Gasteiger partial charge on any atom is -0.465 e. The van der Waals surface area contributed by atoms with Crippen molar-refractivity contribution in [2.75, 3.05) is 26.2 Å². The van der Waals surface area contributed by atoms with Gasteiger partial charge in [0.15, 0.2) is 5.96 Å². The number of rotatable bonds is 13. The van der Waals surface area contributed by atoms with Crippen LogP contribution < -0.4 is 20.7 Å². The maximum absolute atomic E-state index is 13.4. The average molecular weight is 628 g/mol. The molecule has 0 fully saturated rings. The number of hydrogen-bond acceptors (Lipinski definition) is 8. The highest BCUT2D eigenvalue weighted by Crippen LogP contribution is 2.21. The second-order valence-corrected chi connectivity index (χ2v) is 11.3. The number of carbonyl (C=O) groups is 3. The van der Waals surface area contributed by atoms with Crippen molar-refractivity contribution in [3.8, 4) is 0 Å². The maximum Gasteiger partial charge on any atom is 0.326 e. The Morgan fingerprint density at radius 2 is 1.86 bits per heavy atom. The van der Waals surface area contributed by atoms with Gasteiger partial charge in [-0.15, -0.1) is 0 Å². The first kappa shape index (κ1) is 36.2. The fourth-order valence-corrected chi connectivity index (χ4v) is 5.60. The van der Waals surface area contributed by atoms with Crippen LogP contribution in [0.1, 0.15) is 69.3 Å². The van der Waals surface area contributed by atoms with E-state index < -0.39 is 27.9 Å². The molecule has 1 aliphatic heterocycles. The molecule has 0 radical (unpaired) electrons. The molecular formula is C32H45N5O6S. The Morgan fingerprint density at radius 1 is 1.11 bits per heavy atom. The van der Waals surface area contributed by atoms with E-state index in [1.807, 2.05) is 32.9 Å². The zero-order chi connectivity index (χ0) is 32.4. The van der Waals surface area contributed by atoms with Gasteiger partial charge in [-0.25, -0.2) is 8.42 Å². The number of nitrogens with one attached hydrogen (secondary N) is 4. The summed E-state index contributed by atoms with van der Waals surface area (Å²) in [5.41, 5.74) is 1.77. The molecule has 3 rings (SSSR count). The van der Waals surface area contributed by atoms with Crippen LogP contribution in [0, 0.1) is 0 Å². The maximum atomic E-state index is 13.4. The lowest BCUT2D eigenvalue weighted by Crippen LogP contribution is -2.49. The first-order valence-electron chi connectivity index (χ1n) is 15.1. The van der Waals surface area contributed by atoms with Crippen LogP contribution in [0.25, 0.3) is 0 Å². The fraction of sp³-hybridized carbons (Fsp3) is 0.438. The number of guanidine groups is 1. The summed E-state index contributed by atoms with van der Waals surface area (Å²) in [6.07, 6.45) is 13.1. The van der Waals surface area contributed by atoms with Crippen LogP contribution in [0.2, 0.25) is 0 Å². The molecule has 0 bridgehead atoms. The van der Waals surface area contributed by atoms with E-state index in [-0.39, 0.29) is 30.4 Å². The predicted octanol–water partition coefficient (Wildman–Crippen LogP) is 3.43. The summed E-state index contributed by atoms with van der Waals surface area (Å²) in [5, 5.41) is 8.42. The molecule has 1 aromatic rings. The largest absolute Gasteiger partial charge is 0.465 e. The summed E-state index contributed by atoms with van der Waals surface area (Å²) >= 11 is 0. The normalized spacial score (nSPS) is 16.1. The van der Waals surface area contributed by atoms with Crippen molar-refractivity contribution in [1.82, 2.24) is 20.7 Å². The lowest BCUT2D eigenvalue weighted by atomic mass is 10.1. The van der Waals surface area contributed by atoms with Crippen molar-refractivity contribution in [3.63, 3.8) is 0 Å². The SMILES string of the molecule is CC.CC/C=C\C(=C1\C=CC=CC1)S(=O)(=O)NC(CNC(=O)c1ccc(CCC(=O)NC2=NCCCN2)cc1)C(=O)OCC. The van der Waals surface area contributed by atoms with Gasteiger partial charge in [0, 0.05) is 31.6 Å². The molecule has 1 heterocycles. The summed E-state index contributed by atoms with van der Waals surface area (Å²) in [4.78, 5) is 42.0. The van der Waals surface area contributed by atoms with Crippen LogP contribution in [-0.4, -0.2) is 64.4 Å². The first-order valence-corrected chi connectivity index (χ1v) is 16.6. The molecule has 0 spiro atoms. The third-order valence-corrected chi connectivity index (χ3v) is 7.91. The molecule has 1 aromatic carbocycles. The third-order valence-electron chi connectivity index (χ3n) is 6.34. The topological polar surface area (TPSA) is 155 Å². The molecule has 1 atom stereocenters. The number of hydrogen-bond donors (Lipinski definition) is 4. The van der Waals surface area contributed by atoms with Gasteiger partial charge >= 0.3 is 5.97 Å². The Balaban J connectivity index is 0.00000330. The Bertz CT molecular complexity index is 1380. The monoisotopic (exact) mass is 627 g/mol. The molecule has 240 valence electrons. The summed E-state index contributed by atoms with van der Waals surface area (Å²) in [6, 6.07) is 5.37. The minimum atomic E-state index is -4.14. The van der Waals surface area contributed by atoms with E-state index in [0.717, 1.165) is 18.5 Å². The van der Waals surface area contributed by atoms with Gasteiger partial charge in [0.05, 0.1) is 11.5 Å². The number of ether oxygens (including phenoxy) is 1. The van der Waals surface area contributed by atoms with Gasteiger partial charge in [-0.3, -0.25) is 24.7 Å². The first-order chi connectivity index (χ1) is 21.2. The van der Waals surface area contributed by atoms with Crippen molar-refractivity contribution in [1.29, 1.82) is 0 Å². The van der Waals surface area contributed by atoms with E-state index in [4.69, 9.17) is 4.74 Å². The highest BCUT2D eigenvalue weighted by molar-refractivity contribution is 7.93. The van der Waals surface area contributed by atoms with Gasteiger partial charge in [-0.05, 0) is 62.0 Å². The minimum absolute atomic E-state index is 0.0479. The van der Waals surface area contributed by atoms with Crippen molar-refractivity contribution >= 4 is 33.8 Å². The van der Waals surface area contributed by atoms with Crippen LogP contribution >= 0.6 is 0 Å². The number of nitrogens with zero attached hydrogens (tertiary/aromatic N) is 1. The van der Waals surface area contributed by atoms with Crippen molar-refractivity contribution in [2.45, 2.75) is 65.8 Å². The molecular weight excluding hydrogens is 582 g/mol. The number of allylic oxidation sites excluding steroid dienone is 7. The molecule has 0 saturated carbocycles. The molecule has 2 aliphatic rings. The molecule has 0 aromatic heterocycles. The van der Waals surface area contributed by atoms with Crippen molar-refractivity contribution in [2.24, 2.45) is 4.99 Å². The summed E-state index contributed by atoms with van der Waals surface area (Å²) < 4.78 is 34.3. The Kier molecular flexibility index (Phi) is 15.9. The summed E-state index contributed by atoms with van der Waals surface area (Å²) in [6.45, 7) is 8.70. The number of amides is 2.